The molecule has 1 aromatic carbocycles. The molecule has 18 heavy (non-hydrogen) atoms. The van der Waals surface area contributed by atoms with Gasteiger partial charge in [0.05, 0.1) is 0 Å². The molecule has 3 rings (SSSR count). The number of nitrogens with one attached hydrogen (secondary N) is 2. The van der Waals surface area contributed by atoms with Crippen LogP contribution in [0.5, 0.6) is 0 Å². The summed E-state index contributed by atoms with van der Waals surface area (Å²) < 4.78 is 13.6. The third-order valence-corrected chi connectivity index (χ3v) is 3.42. The number of aromatic amines is 1. The number of anilines is 1. The van der Waals surface area contributed by atoms with Crippen LogP contribution in [0.25, 0.3) is 0 Å². The number of aromatic nitrogens is 2. The summed E-state index contributed by atoms with van der Waals surface area (Å²) in [6, 6.07) is 6.91. The minimum Gasteiger partial charge on any atom is -0.368 e. The maximum atomic E-state index is 13.6. The molecule has 0 saturated heterocycles. The fraction of sp³-hybridized carbons (Fsp3) is 0.357. The van der Waals surface area contributed by atoms with Gasteiger partial charge in [0.15, 0.2) is 5.82 Å². The van der Waals surface area contributed by atoms with Crippen molar-refractivity contribution in [2.45, 2.75) is 25.7 Å². The Hall–Kier alpha value is -1.84. The molecule has 1 aliphatic heterocycles. The van der Waals surface area contributed by atoms with E-state index in [4.69, 9.17) is 0 Å². The van der Waals surface area contributed by atoms with Crippen molar-refractivity contribution in [2.24, 2.45) is 0 Å². The summed E-state index contributed by atoms with van der Waals surface area (Å²) in [5.74, 6) is 0.793. The summed E-state index contributed by atoms with van der Waals surface area (Å²) in [4.78, 5) is 0. The largest absolute Gasteiger partial charge is 0.368 e. The molecule has 0 spiro atoms. The van der Waals surface area contributed by atoms with Crippen molar-refractivity contribution in [1.82, 2.24) is 10.2 Å². The highest BCUT2D eigenvalue weighted by molar-refractivity contribution is 5.48. The normalized spacial score (nSPS) is 14.7. The minimum absolute atomic E-state index is 0.151. The van der Waals surface area contributed by atoms with Crippen LogP contribution >= 0.6 is 0 Å². The molecule has 1 aromatic heterocycles. The average molecular weight is 245 g/mol. The highest BCUT2D eigenvalue weighted by atomic mass is 19.1. The van der Waals surface area contributed by atoms with Crippen LogP contribution in [-0.4, -0.2) is 16.7 Å². The van der Waals surface area contributed by atoms with Crippen LogP contribution in [0.3, 0.4) is 0 Å². The number of nitrogens with zero attached hydrogens (tertiary/aromatic N) is 1. The van der Waals surface area contributed by atoms with Gasteiger partial charge < -0.3 is 5.32 Å². The van der Waals surface area contributed by atoms with Crippen molar-refractivity contribution < 1.29 is 4.39 Å². The second-order valence-corrected chi connectivity index (χ2v) is 4.68. The third kappa shape index (κ3) is 2.10. The zero-order valence-electron chi connectivity index (χ0n) is 10.2. The van der Waals surface area contributed by atoms with E-state index >= 15 is 0 Å². The van der Waals surface area contributed by atoms with Crippen molar-refractivity contribution in [3.05, 3.63) is 46.9 Å². The Bertz CT molecular complexity index is 548. The van der Waals surface area contributed by atoms with E-state index in [1.807, 2.05) is 12.1 Å². The molecule has 0 aliphatic carbocycles. The SMILES string of the molecule is Fc1ccccc1Cc1[nH]nc2c1CCCCN2. The maximum Gasteiger partial charge on any atom is 0.151 e. The Morgan fingerprint density at radius 3 is 3.00 bits per heavy atom. The Labute approximate surface area is 105 Å². The molecule has 0 unspecified atom stereocenters. The van der Waals surface area contributed by atoms with Gasteiger partial charge in [0.25, 0.3) is 0 Å². The number of rotatable bonds is 2. The minimum atomic E-state index is -0.151. The molecule has 3 nitrogen and oxygen atoms in total. The summed E-state index contributed by atoms with van der Waals surface area (Å²) in [6.45, 7) is 0.969. The van der Waals surface area contributed by atoms with Gasteiger partial charge in [-0.25, -0.2) is 4.39 Å². The van der Waals surface area contributed by atoms with E-state index in [0.717, 1.165) is 37.3 Å². The van der Waals surface area contributed by atoms with E-state index in [9.17, 15) is 4.39 Å². The van der Waals surface area contributed by atoms with Crippen LogP contribution in [0.1, 0.15) is 29.7 Å². The van der Waals surface area contributed by atoms with Crippen molar-refractivity contribution in [3.63, 3.8) is 0 Å². The van der Waals surface area contributed by atoms with Gasteiger partial charge in [-0.3, -0.25) is 5.10 Å². The molecule has 0 bridgehead atoms. The molecule has 0 saturated carbocycles. The molecule has 0 fully saturated rings. The Morgan fingerprint density at radius 2 is 2.11 bits per heavy atom. The van der Waals surface area contributed by atoms with Crippen LogP contribution in [-0.2, 0) is 12.8 Å². The first kappa shape index (κ1) is 11.3. The quantitative estimate of drug-likeness (QED) is 0.854. The second kappa shape index (κ2) is 4.80. The number of halogens is 1. The van der Waals surface area contributed by atoms with Gasteiger partial charge in [-0.2, -0.15) is 5.10 Å². The van der Waals surface area contributed by atoms with Crippen molar-refractivity contribution >= 4 is 5.82 Å². The summed E-state index contributed by atoms with van der Waals surface area (Å²) in [7, 11) is 0. The Balaban J connectivity index is 1.89. The predicted octanol–water partition coefficient (Wildman–Crippen LogP) is 2.89. The van der Waals surface area contributed by atoms with Crippen LogP contribution in [0.15, 0.2) is 24.3 Å². The predicted molar refractivity (Wildman–Crippen MR) is 69.2 cm³/mol. The van der Waals surface area contributed by atoms with Crippen molar-refractivity contribution in [1.29, 1.82) is 0 Å². The lowest BCUT2D eigenvalue weighted by atomic mass is 10.0. The molecule has 0 amide bonds. The van der Waals surface area contributed by atoms with Gasteiger partial charge in [0.2, 0.25) is 0 Å². The van der Waals surface area contributed by atoms with Gasteiger partial charge in [-0.1, -0.05) is 18.2 Å². The van der Waals surface area contributed by atoms with E-state index in [2.05, 4.69) is 15.5 Å². The molecule has 2 heterocycles. The van der Waals surface area contributed by atoms with E-state index in [1.54, 1.807) is 6.07 Å². The Morgan fingerprint density at radius 1 is 1.22 bits per heavy atom. The van der Waals surface area contributed by atoms with Gasteiger partial charge in [-0.05, 0) is 30.9 Å². The van der Waals surface area contributed by atoms with Crippen LogP contribution in [0.2, 0.25) is 0 Å². The summed E-state index contributed by atoms with van der Waals surface area (Å²) >= 11 is 0. The van der Waals surface area contributed by atoms with Gasteiger partial charge >= 0.3 is 0 Å². The Kier molecular flexibility index (Phi) is 3.00. The zero-order valence-corrected chi connectivity index (χ0v) is 10.2. The summed E-state index contributed by atoms with van der Waals surface area (Å²) in [5.41, 5.74) is 2.97. The van der Waals surface area contributed by atoms with Gasteiger partial charge in [-0.15, -0.1) is 0 Å². The third-order valence-electron chi connectivity index (χ3n) is 3.42. The zero-order chi connectivity index (χ0) is 12.4. The number of H-pyrrole nitrogens is 1. The summed E-state index contributed by atoms with van der Waals surface area (Å²) in [6.07, 6.45) is 3.92. The van der Waals surface area contributed by atoms with Gasteiger partial charge in [0.1, 0.15) is 5.82 Å². The molecule has 2 N–H and O–H groups in total. The smallest absolute Gasteiger partial charge is 0.151 e. The molecule has 2 aromatic rings. The standard InChI is InChI=1S/C14H16FN3/c15-12-7-2-1-5-10(12)9-13-11-6-3-4-8-16-14(11)18-17-13/h1-2,5,7H,3-4,6,8-9H2,(H2,16,17,18). The first-order valence-corrected chi connectivity index (χ1v) is 6.38. The topological polar surface area (TPSA) is 40.7 Å². The monoisotopic (exact) mass is 245 g/mol. The molecular weight excluding hydrogens is 229 g/mol. The first-order chi connectivity index (χ1) is 8.84. The van der Waals surface area contributed by atoms with Crippen LogP contribution in [0, 0.1) is 5.82 Å². The molecular formula is C14H16FN3. The van der Waals surface area contributed by atoms with E-state index in [0.29, 0.717) is 12.0 Å². The molecule has 94 valence electrons. The number of hydrogen-bond donors (Lipinski definition) is 2. The highest BCUT2D eigenvalue weighted by Crippen LogP contribution is 2.24. The summed E-state index contributed by atoms with van der Waals surface area (Å²) in [5, 5.41) is 10.6. The molecule has 1 aliphatic rings. The lowest BCUT2D eigenvalue weighted by molar-refractivity contribution is 0.612. The highest BCUT2D eigenvalue weighted by Gasteiger charge is 2.16. The van der Waals surface area contributed by atoms with Crippen molar-refractivity contribution in [3.8, 4) is 0 Å². The number of benzene rings is 1. The second-order valence-electron chi connectivity index (χ2n) is 4.68. The molecule has 4 heteroatoms. The lowest BCUT2D eigenvalue weighted by Gasteiger charge is -2.04. The average Bonchev–Trinajstić information content (AvgIpc) is 2.62. The van der Waals surface area contributed by atoms with Gasteiger partial charge in [0, 0.05) is 24.2 Å². The van der Waals surface area contributed by atoms with Crippen LogP contribution < -0.4 is 5.32 Å². The van der Waals surface area contributed by atoms with Crippen molar-refractivity contribution in [2.75, 3.05) is 11.9 Å². The van der Waals surface area contributed by atoms with E-state index in [-0.39, 0.29) is 5.82 Å². The van der Waals surface area contributed by atoms with E-state index < -0.39 is 0 Å². The molecule has 0 radical (unpaired) electrons. The number of hydrogen-bond acceptors (Lipinski definition) is 2. The fourth-order valence-electron chi connectivity index (χ4n) is 2.43. The maximum absolute atomic E-state index is 13.6. The molecule has 0 atom stereocenters. The van der Waals surface area contributed by atoms with E-state index in [1.165, 1.54) is 11.6 Å². The van der Waals surface area contributed by atoms with Crippen LogP contribution in [0.4, 0.5) is 10.2 Å². The first-order valence-electron chi connectivity index (χ1n) is 6.38. The fourth-order valence-corrected chi connectivity index (χ4v) is 2.43. The number of fused-ring (bicyclic) bond motifs is 1. The lowest BCUT2D eigenvalue weighted by Crippen LogP contribution is -1.99.